The van der Waals surface area contributed by atoms with Crippen molar-refractivity contribution in [2.45, 2.75) is 38.3 Å². The molecule has 2 atom stereocenters. The lowest BCUT2D eigenvalue weighted by molar-refractivity contribution is 0.0373. The maximum atomic E-state index is 10.8. The normalized spacial score (nSPS) is 16.9. The van der Waals surface area contributed by atoms with Crippen LogP contribution in [0.4, 0.5) is 5.69 Å². The molecule has 4 nitrogen and oxygen atoms in total. The zero-order valence-electron chi connectivity index (χ0n) is 17.0. The van der Waals surface area contributed by atoms with E-state index in [2.05, 4.69) is 47.5 Å². The first-order valence-electron chi connectivity index (χ1n) is 10.1. The number of piperidine rings is 1. The Balaban J connectivity index is 0.00000210. The fourth-order valence-electron chi connectivity index (χ4n) is 3.99. The summed E-state index contributed by atoms with van der Waals surface area (Å²) in [6.45, 7) is 4.87. The zero-order chi connectivity index (χ0) is 19.1. The summed E-state index contributed by atoms with van der Waals surface area (Å²) in [6.07, 6.45) is 3.06. The van der Waals surface area contributed by atoms with E-state index in [9.17, 15) is 5.11 Å². The minimum absolute atomic E-state index is 0. The first kappa shape index (κ1) is 25.7. The highest BCUT2D eigenvalue weighted by atomic mass is 35.5. The monoisotopic (exact) mass is 440 g/mol. The summed E-state index contributed by atoms with van der Waals surface area (Å²) in [5.74, 6) is 0.741. The largest absolute Gasteiger partial charge is 0.395 e. The molecule has 0 radical (unpaired) electrons. The Bertz CT molecular complexity index is 677. The van der Waals surface area contributed by atoms with Crippen molar-refractivity contribution < 1.29 is 10.2 Å². The summed E-state index contributed by atoms with van der Waals surface area (Å²) < 4.78 is 0. The van der Waals surface area contributed by atoms with E-state index in [1.54, 1.807) is 0 Å². The summed E-state index contributed by atoms with van der Waals surface area (Å²) in [5.41, 5.74) is 3.34. The quantitative estimate of drug-likeness (QED) is 0.572. The summed E-state index contributed by atoms with van der Waals surface area (Å²) in [6, 6.07) is 18.7. The molecule has 1 aliphatic rings. The molecule has 0 saturated carbocycles. The van der Waals surface area contributed by atoms with Crippen molar-refractivity contribution in [3.05, 3.63) is 65.7 Å². The van der Waals surface area contributed by atoms with Crippen LogP contribution in [-0.4, -0.2) is 47.4 Å². The Hall–Kier alpha value is -1.30. The molecule has 162 valence electrons. The molecule has 0 aliphatic carbocycles. The highest BCUT2D eigenvalue weighted by Gasteiger charge is 2.27. The molecule has 1 aliphatic heterocycles. The molecule has 1 heterocycles. The van der Waals surface area contributed by atoms with Crippen molar-refractivity contribution in [2.75, 3.05) is 31.6 Å². The second-order valence-corrected chi connectivity index (χ2v) is 7.63. The number of anilines is 1. The fraction of sp³-hybridized carbons (Fsp3) is 0.478. The number of halogens is 2. The topological polar surface area (TPSA) is 55.7 Å². The molecule has 29 heavy (non-hydrogen) atoms. The number of aliphatic hydroxyl groups excluding tert-OH is 2. The van der Waals surface area contributed by atoms with Gasteiger partial charge in [0.2, 0.25) is 0 Å². The standard InChI is InChI=1S/C23H32N2O2.2ClH/c1-18(23(27)21-7-9-22(10-8-21)24-13-16-26)25-14-11-20(12-15-25)17-19-5-3-2-4-6-19;;/h2-10,18,20,23-24,26-27H,11-17H2,1H3;2*1H/t18-,23+;;/m1../s1. The van der Waals surface area contributed by atoms with Gasteiger partial charge in [0.1, 0.15) is 0 Å². The van der Waals surface area contributed by atoms with E-state index in [-0.39, 0.29) is 37.5 Å². The third-order valence-electron chi connectivity index (χ3n) is 5.74. The summed E-state index contributed by atoms with van der Waals surface area (Å²) in [7, 11) is 0. The third-order valence-corrected chi connectivity index (χ3v) is 5.74. The molecular formula is C23H34Cl2N2O2. The fourth-order valence-corrected chi connectivity index (χ4v) is 3.99. The van der Waals surface area contributed by atoms with Gasteiger partial charge >= 0.3 is 0 Å². The van der Waals surface area contributed by atoms with Gasteiger partial charge in [0.25, 0.3) is 0 Å². The van der Waals surface area contributed by atoms with E-state index in [0.29, 0.717) is 6.54 Å². The number of hydrogen-bond donors (Lipinski definition) is 3. The number of hydrogen-bond acceptors (Lipinski definition) is 4. The van der Waals surface area contributed by atoms with Crippen molar-refractivity contribution >= 4 is 30.5 Å². The van der Waals surface area contributed by atoms with Gasteiger partial charge in [-0.15, -0.1) is 24.8 Å². The predicted molar refractivity (Wildman–Crippen MR) is 125 cm³/mol. The lowest BCUT2D eigenvalue weighted by atomic mass is 9.89. The van der Waals surface area contributed by atoms with E-state index in [1.807, 2.05) is 24.3 Å². The molecular weight excluding hydrogens is 407 g/mol. The van der Waals surface area contributed by atoms with Gasteiger partial charge in [0.05, 0.1) is 12.7 Å². The van der Waals surface area contributed by atoms with Crippen molar-refractivity contribution in [1.82, 2.24) is 4.90 Å². The number of aliphatic hydroxyl groups is 2. The zero-order valence-corrected chi connectivity index (χ0v) is 18.7. The van der Waals surface area contributed by atoms with Crippen LogP contribution in [0.15, 0.2) is 54.6 Å². The maximum absolute atomic E-state index is 10.8. The molecule has 1 saturated heterocycles. The highest BCUT2D eigenvalue weighted by molar-refractivity contribution is 5.85. The van der Waals surface area contributed by atoms with E-state index in [0.717, 1.165) is 36.7 Å². The molecule has 2 aromatic carbocycles. The lowest BCUT2D eigenvalue weighted by Gasteiger charge is -2.38. The molecule has 1 fully saturated rings. The predicted octanol–water partition coefficient (Wildman–Crippen LogP) is 4.31. The van der Waals surface area contributed by atoms with E-state index >= 15 is 0 Å². The number of nitrogens with one attached hydrogen (secondary N) is 1. The first-order valence-corrected chi connectivity index (χ1v) is 10.1. The number of nitrogens with zero attached hydrogens (tertiary/aromatic N) is 1. The van der Waals surface area contributed by atoms with Gasteiger partial charge in [-0.05, 0) is 68.5 Å². The minimum atomic E-state index is -0.484. The number of benzene rings is 2. The van der Waals surface area contributed by atoms with Crippen molar-refractivity contribution in [3.63, 3.8) is 0 Å². The SMILES string of the molecule is C[C@H]([C@H](O)c1ccc(NCCO)cc1)N1CCC(Cc2ccccc2)CC1.Cl.Cl. The van der Waals surface area contributed by atoms with Crippen LogP contribution in [0.3, 0.4) is 0 Å². The third kappa shape index (κ3) is 7.47. The highest BCUT2D eigenvalue weighted by Crippen LogP contribution is 2.28. The molecule has 3 rings (SSSR count). The van der Waals surface area contributed by atoms with Gasteiger partial charge in [0, 0.05) is 18.3 Å². The Morgan fingerprint density at radius 3 is 2.21 bits per heavy atom. The van der Waals surface area contributed by atoms with Gasteiger partial charge in [0.15, 0.2) is 0 Å². The second-order valence-electron chi connectivity index (χ2n) is 7.63. The van der Waals surface area contributed by atoms with Gasteiger partial charge in [-0.3, -0.25) is 4.90 Å². The molecule has 0 bridgehead atoms. The van der Waals surface area contributed by atoms with Crippen LogP contribution in [0, 0.1) is 5.92 Å². The van der Waals surface area contributed by atoms with Crippen LogP contribution in [0.5, 0.6) is 0 Å². The van der Waals surface area contributed by atoms with Crippen molar-refractivity contribution in [1.29, 1.82) is 0 Å². The molecule has 3 N–H and O–H groups in total. The van der Waals surface area contributed by atoms with E-state index < -0.39 is 6.10 Å². The minimum Gasteiger partial charge on any atom is -0.395 e. The smallest absolute Gasteiger partial charge is 0.0942 e. The van der Waals surface area contributed by atoms with Crippen LogP contribution in [0.1, 0.15) is 37.0 Å². The average molecular weight is 441 g/mol. The Labute approximate surface area is 187 Å². The van der Waals surface area contributed by atoms with Crippen molar-refractivity contribution in [2.24, 2.45) is 5.92 Å². The molecule has 0 aromatic heterocycles. The molecule has 6 heteroatoms. The van der Waals surface area contributed by atoms with Crippen LogP contribution in [-0.2, 0) is 6.42 Å². The second kappa shape index (κ2) is 13.1. The van der Waals surface area contributed by atoms with Crippen LogP contribution < -0.4 is 5.32 Å². The number of likely N-dealkylation sites (tertiary alicyclic amines) is 1. The van der Waals surface area contributed by atoms with Crippen LogP contribution in [0.25, 0.3) is 0 Å². The Kier molecular flexibility index (Phi) is 11.6. The van der Waals surface area contributed by atoms with E-state index in [4.69, 9.17) is 5.11 Å². The van der Waals surface area contributed by atoms with Gasteiger partial charge < -0.3 is 15.5 Å². The van der Waals surface area contributed by atoms with Gasteiger partial charge in [-0.25, -0.2) is 0 Å². The summed E-state index contributed by atoms with van der Waals surface area (Å²) >= 11 is 0. The summed E-state index contributed by atoms with van der Waals surface area (Å²) in [4.78, 5) is 2.42. The maximum Gasteiger partial charge on any atom is 0.0942 e. The van der Waals surface area contributed by atoms with E-state index in [1.165, 1.54) is 18.4 Å². The van der Waals surface area contributed by atoms with Crippen molar-refractivity contribution in [3.8, 4) is 0 Å². The lowest BCUT2D eigenvalue weighted by Crippen LogP contribution is -2.43. The molecule has 0 spiro atoms. The average Bonchev–Trinajstić information content (AvgIpc) is 2.73. The Morgan fingerprint density at radius 1 is 1.00 bits per heavy atom. The molecule has 2 aromatic rings. The van der Waals surface area contributed by atoms with Gasteiger partial charge in [-0.2, -0.15) is 0 Å². The number of rotatable bonds is 8. The van der Waals surface area contributed by atoms with Crippen LogP contribution in [0.2, 0.25) is 0 Å². The molecule has 0 amide bonds. The Morgan fingerprint density at radius 2 is 1.62 bits per heavy atom. The first-order chi connectivity index (χ1) is 13.2. The summed E-state index contributed by atoms with van der Waals surface area (Å²) in [5, 5.41) is 22.8. The molecule has 0 unspecified atom stereocenters. The van der Waals surface area contributed by atoms with Gasteiger partial charge in [-0.1, -0.05) is 42.5 Å². The van der Waals surface area contributed by atoms with Crippen LogP contribution >= 0.6 is 24.8 Å².